The number of benzene rings is 3. The molecule has 35 heavy (non-hydrogen) atoms. The maximum Gasteiger partial charge on any atom is 0.319 e. The molecule has 8 heteroatoms. The van der Waals surface area contributed by atoms with Gasteiger partial charge in [-0.25, -0.2) is 4.79 Å². The molecule has 1 heterocycles. The number of amides is 3. The van der Waals surface area contributed by atoms with E-state index in [9.17, 15) is 9.59 Å². The van der Waals surface area contributed by atoms with Crippen LogP contribution >= 0.6 is 11.6 Å². The molecule has 1 atom stereocenters. The lowest BCUT2D eigenvalue weighted by Crippen LogP contribution is -2.46. The van der Waals surface area contributed by atoms with E-state index in [0.717, 1.165) is 11.1 Å². The Hall–Kier alpha value is -3.97. The number of methoxy groups -OCH3 is 1. The number of nitrogens with one attached hydrogen (secondary N) is 3. The van der Waals surface area contributed by atoms with E-state index in [1.165, 1.54) is 7.11 Å². The third-order valence-corrected chi connectivity index (χ3v) is 6.14. The summed E-state index contributed by atoms with van der Waals surface area (Å²) in [5.41, 5.74) is 4.04. The van der Waals surface area contributed by atoms with E-state index in [0.29, 0.717) is 39.0 Å². The normalized spacial score (nSPS) is 15.2. The van der Waals surface area contributed by atoms with Gasteiger partial charge in [-0.3, -0.25) is 4.79 Å². The SMILES string of the molecule is COc1cc([C@@H]2NC(=O)NC(C)=C2C(=O)Nc2ccccc2C)ccc1OCc1ccccc1Cl. The lowest BCUT2D eigenvalue weighted by Gasteiger charge is -2.29. The summed E-state index contributed by atoms with van der Waals surface area (Å²) in [6.07, 6.45) is 0. The topological polar surface area (TPSA) is 88.7 Å². The van der Waals surface area contributed by atoms with E-state index in [2.05, 4.69) is 16.0 Å². The van der Waals surface area contributed by atoms with Crippen LogP contribution in [0.15, 0.2) is 78.0 Å². The Morgan fingerprint density at radius 1 is 1.03 bits per heavy atom. The monoisotopic (exact) mass is 491 g/mol. The van der Waals surface area contributed by atoms with Gasteiger partial charge in [0.25, 0.3) is 5.91 Å². The fourth-order valence-electron chi connectivity index (χ4n) is 3.90. The number of carbonyl (C=O) groups excluding carboxylic acids is 2. The average Bonchev–Trinajstić information content (AvgIpc) is 2.84. The molecular formula is C27H26ClN3O4. The number of urea groups is 1. The number of hydrogen-bond acceptors (Lipinski definition) is 4. The molecular weight excluding hydrogens is 466 g/mol. The third-order valence-electron chi connectivity index (χ3n) is 5.77. The summed E-state index contributed by atoms with van der Waals surface area (Å²) in [4.78, 5) is 25.6. The Morgan fingerprint density at radius 3 is 2.51 bits per heavy atom. The Morgan fingerprint density at radius 2 is 1.77 bits per heavy atom. The number of aryl methyl sites for hydroxylation is 1. The second-order valence-electron chi connectivity index (χ2n) is 8.13. The molecule has 7 nitrogen and oxygen atoms in total. The summed E-state index contributed by atoms with van der Waals surface area (Å²) < 4.78 is 11.5. The van der Waals surface area contributed by atoms with Gasteiger partial charge in [0.1, 0.15) is 6.61 Å². The zero-order chi connectivity index (χ0) is 24.9. The summed E-state index contributed by atoms with van der Waals surface area (Å²) in [7, 11) is 1.54. The van der Waals surface area contributed by atoms with Crippen molar-refractivity contribution in [2.75, 3.05) is 12.4 Å². The summed E-state index contributed by atoms with van der Waals surface area (Å²) in [6, 6.07) is 19.2. The molecule has 0 fully saturated rings. The minimum absolute atomic E-state index is 0.266. The average molecular weight is 492 g/mol. The van der Waals surface area contributed by atoms with Crippen molar-refractivity contribution in [3.8, 4) is 11.5 Å². The second-order valence-corrected chi connectivity index (χ2v) is 8.54. The van der Waals surface area contributed by atoms with E-state index in [4.69, 9.17) is 21.1 Å². The van der Waals surface area contributed by atoms with Crippen molar-refractivity contribution in [3.05, 3.63) is 99.7 Å². The molecule has 0 bridgehead atoms. The number of allylic oxidation sites excluding steroid dienone is 1. The molecule has 0 aliphatic carbocycles. The highest BCUT2D eigenvalue weighted by Crippen LogP contribution is 2.35. The van der Waals surface area contributed by atoms with Crippen molar-refractivity contribution < 1.29 is 19.1 Å². The van der Waals surface area contributed by atoms with Crippen molar-refractivity contribution >= 4 is 29.2 Å². The molecule has 180 valence electrons. The van der Waals surface area contributed by atoms with E-state index in [1.807, 2.05) is 49.4 Å². The van der Waals surface area contributed by atoms with E-state index in [1.54, 1.807) is 31.2 Å². The summed E-state index contributed by atoms with van der Waals surface area (Å²) in [5, 5.41) is 9.11. The number of hydrogen-bond donors (Lipinski definition) is 3. The van der Waals surface area contributed by atoms with Crippen LogP contribution in [0.3, 0.4) is 0 Å². The lowest BCUT2D eigenvalue weighted by atomic mass is 9.94. The van der Waals surface area contributed by atoms with Crippen LogP contribution in [-0.4, -0.2) is 19.0 Å². The first kappa shape index (κ1) is 24.2. The van der Waals surface area contributed by atoms with Gasteiger partial charge in [0.15, 0.2) is 11.5 Å². The van der Waals surface area contributed by atoms with E-state index in [-0.39, 0.29) is 12.5 Å². The van der Waals surface area contributed by atoms with Crippen LogP contribution < -0.4 is 25.4 Å². The lowest BCUT2D eigenvalue weighted by molar-refractivity contribution is -0.113. The van der Waals surface area contributed by atoms with Crippen LogP contribution in [0, 0.1) is 6.92 Å². The molecule has 0 spiro atoms. The minimum Gasteiger partial charge on any atom is -0.493 e. The minimum atomic E-state index is -0.681. The molecule has 3 N–H and O–H groups in total. The third kappa shape index (κ3) is 5.41. The molecule has 3 aromatic rings. The van der Waals surface area contributed by atoms with Gasteiger partial charge in [-0.2, -0.15) is 0 Å². The van der Waals surface area contributed by atoms with Gasteiger partial charge < -0.3 is 25.4 Å². The second kappa shape index (κ2) is 10.5. The fourth-order valence-corrected chi connectivity index (χ4v) is 4.09. The van der Waals surface area contributed by atoms with Crippen molar-refractivity contribution in [2.24, 2.45) is 0 Å². The Labute approximate surface area is 209 Å². The maximum atomic E-state index is 13.3. The standard InChI is InChI=1S/C27H26ClN3O4/c1-16-8-4-7-11-21(16)30-26(32)24-17(2)29-27(33)31-25(24)18-12-13-22(23(14-18)34-3)35-15-19-9-5-6-10-20(19)28/h4-14,25H,15H2,1-3H3,(H,30,32)(H2,29,31,33)/t25-/m0/s1. The fraction of sp³-hybridized carbons (Fsp3) is 0.185. The molecule has 1 aliphatic heterocycles. The van der Waals surface area contributed by atoms with Crippen molar-refractivity contribution in [1.29, 1.82) is 0 Å². The first-order chi connectivity index (χ1) is 16.9. The van der Waals surface area contributed by atoms with Crippen LogP contribution in [0.5, 0.6) is 11.5 Å². The molecule has 0 saturated carbocycles. The van der Waals surface area contributed by atoms with Gasteiger partial charge in [-0.1, -0.05) is 54.1 Å². The van der Waals surface area contributed by atoms with Crippen LogP contribution in [0.25, 0.3) is 0 Å². The molecule has 0 unspecified atom stereocenters. The highest BCUT2D eigenvalue weighted by Gasteiger charge is 2.32. The van der Waals surface area contributed by atoms with Gasteiger partial charge in [-0.05, 0) is 49.2 Å². The van der Waals surface area contributed by atoms with Gasteiger partial charge in [0.05, 0.1) is 18.7 Å². The van der Waals surface area contributed by atoms with Crippen LogP contribution in [0.1, 0.15) is 29.7 Å². The maximum absolute atomic E-state index is 13.3. The molecule has 3 amide bonds. The summed E-state index contributed by atoms with van der Waals surface area (Å²) in [6.45, 7) is 3.89. The molecule has 3 aromatic carbocycles. The highest BCUT2D eigenvalue weighted by molar-refractivity contribution is 6.31. The first-order valence-electron chi connectivity index (χ1n) is 11.1. The van der Waals surface area contributed by atoms with Gasteiger partial charge >= 0.3 is 6.03 Å². The van der Waals surface area contributed by atoms with Gasteiger partial charge in [0.2, 0.25) is 0 Å². The predicted molar refractivity (Wildman–Crippen MR) is 136 cm³/mol. The number of carbonyl (C=O) groups is 2. The highest BCUT2D eigenvalue weighted by atomic mass is 35.5. The van der Waals surface area contributed by atoms with Crippen molar-refractivity contribution in [3.63, 3.8) is 0 Å². The van der Waals surface area contributed by atoms with E-state index >= 15 is 0 Å². The molecule has 0 aromatic heterocycles. The van der Waals surface area contributed by atoms with Crippen molar-refractivity contribution in [1.82, 2.24) is 10.6 Å². The zero-order valence-electron chi connectivity index (χ0n) is 19.6. The Balaban J connectivity index is 1.61. The summed E-state index contributed by atoms with van der Waals surface area (Å²) >= 11 is 6.23. The van der Waals surface area contributed by atoms with E-state index < -0.39 is 12.1 Å². The van der Waals surface area contributed by atoms with Crippen LogP contribution in [-0.2, 0) is 11.4 Å². The largest absolute Gasteiger partial charge is 0.493 e. The van der Waals surface area contributed by atoms with Crippen LogP contribution in [0.2, 0.25) is 5.02 Å². The molecule has 0 radical (unpaired) electrons. The van der Waals surface area contributed by atoms with Gasteiger partial charge in [-0.15, -0.1) is 0 Å². The summed E-state index contributed by atoms with van der Waals surface area (Å²) in [5.74, 6) is 0.675. The number of anilines is 1. The first-order valence-corrected chi connectivity index (χ1v) is 11.4. The molecule has 4 rings (SSSR count). The Bertz CT molecular complexity index is 1310. The number of ether oxygens (including phenoxy) is 2. The predicted octanol–water partition coefficient (Wildman–Crippen LogP) is 5.50. The van der Waals surface area contributed by atoms with Gasteiger partial charge in [0, 0.05) is 22.0 Å². The number of halogens is 1. The van der Waals surface area contributed by atoms with Crippen molar-refractivity contribution in [2.45, 2.75) is 26.5 Å². The molecule has 0 saturated heterocycles. The molecule has 1 aliphatic rings. The number of rotatable bonds is 7. The smallest absolute Gasteiger partial charge is 0.319 e. The Kier molecular flexibility index (Phi) is 7.27. The number of para-hydroxylation sites is 1. The quantitative estimate of drug-likeness (QED) is 0.407. The van der Waals surface area contributed by atoms with Crippen LogP contribution in [0.4, 0.5) is 10.5 Å². The zero-order valence-corrected chi connectivity index (χ0v) is 20.4.